The van der Waals surface area contributed by atoms with E-state index >= 15 is 0 Å². The van der Waals surface area contributed by atoms with Gasteiger partial charge in [-0.3, -0.25) is 4.79 Å². The molecule has 0 bridgehead atoms. The molecule has 0 aliphatic rings. The number of carbonyl (C=O) groups is 1. The normalized spacial score (nSPS) is 11.1. The Bertz CT molecular complexity index is 980. The average molecular weight is 402 g/mol. The van der Waals surface area contributed by atoms with E-state index in [-0.39, 0.29) is 11.6 Å². The number of rotatable bonds is 8. The van der Waals surface area contributed by atoms with Gasteiger partial charge in [0, 0.05) is 12.5 Å². The second-order valence-electron chi connectivity index (χ2n) is 6.61. The Kier molecular flexibility index (Phi) is 6.26. The first kappa shape index (κ1) is 20.5. The molecule has 0 radical (unpaired) electrons. The summed E-state index contributed by atoms with van der Waals surface area (Å²) in [7, 11) is 0. The molecule has 0 atom stereocenters. The van der Waals surface area contributed by atoms with Crippen molar-refractivity contribution in [2.45, 2.75) is 40.0 Å². The number of aromatic nitrogens is 4. The van der Waals surface area contributed by atoms with Gasteiger partial charge in [-0.05, 0) is 62.1 Å². The smallest absolute Gasteiger partial charge is 0.315 e. The molecule has 3 rings (SSSR count). The zero-order valence-corrected chi connectivity index (χ0v) is 16.3. The van der Waals surface area contributed by atoms with Crippen molar-refractivity contribution in [3.63, 3.8) is 0 Å². The van der Waals surface area contributed by atoms with E-state index in [0.29, 0.717) is 24.3 Å². The van der Waals surface area contributed by atoms with Crippen LogP contribution >= 0.6 is 0 Å². The third kappa shape index (κ3) is 4.98. The van der Waals surface area contributed by atoms with E-state index in [4.69, 9.17) is 4.74 Å². The van der Waals surface area contributed by atoms with E-state index in [2.05, 4.69) is 24.9 Å². The molecule has 29 heavy (non-hydrogen) atoms. The van der Waals surface area contributed by atoms with Crippen LogP contribution in [0.3, 0.4) is 0 Å². The summed E-state index contributed by atoms with van der Waals surface area (Å²) in [4.78, 5) is 14.9. The number of benzene rings is 1. The van der Waals surface area contributed by atoms with Gasteiger partial charge in [0.2, 0.25) is 5.82 Å². The fourth-order valence-corrected chi connectivity index (χ4v) is 2.86. The lowest BCUT2D eigenvalue weighted by Gasteiger charge is -2.13. The standard InChI is InChI=1S/C20H20F2N4O3/c1-11-9-14(19-23-20(18(21)22)29-26-19)10-12(2)17(11)28-8-4-5-15-6-7-16(13(3)27)25-24-15/h6-7,9-10,18H,4-5,8H2,1-3H3. The maximum absolute atomic E-state index is 12.6. The monoisotopic (exact) mass is 402 g/mol. The molecule has 0 saturated heterocycles. The molecule has 0 N–H and O–H groups in total. The zero-order chi connectivity index (χ0) is 21.0. The van der Waals surface area contributed by atoms with Crippen LogP contribution in [0.15, 0.2) is 28.8 Å². The Morgan fingerprint density at radius 2 is 1.90 bits per heavy atom. The van der Waals surface area contributed by atoms with Crippen molar-refractivity contribution >= 4 is 5.78 Å². The van der Waals surface area contributed by atoms with E-state index in [1.165, 1.54) is 6.92 Å². The number of ether oxygens (including phenoxy) is 1. The molecule has 1 aromatic carbocycles. The van der Waals surface area contributed by atoms with Crippen LogP contribution < -0.4 is 4.74 Å². The molecule has 0 spiro atoms. The molecule has 3 aromatic rings. The Hall–Kier alpha value is -3.23. The van der Waals surface area contributed by atoms with E-state index in [9.17, 15) is 13.6 Å². The second-order valence-corrected chi connectivity index (χ2v) is 6.61. The number of alkyl halides is 2. The topological polar surface area (TPSA) is 91.0 Å². The molecule has 9 heteroatoms. The predicted molar refractivity (Wildman–Crippen MR) is 100 cm³/mol. The number of hydrogen-bond acceptors (Lipinski definition) is 7. The van der Waals surface area contributed by atoms with Gasteiger partial charge in [-0.1, -0.05) is 5.16 Å². The first-order valence-corrected chi connectivity index (χ1v) is 9.05. The number of aryl methyl sites for hydroxylation is 3. The Morgan fingerprint density at radius 3 is 2.45 bits per heavy atom. The molecule has 0 aliphatic carbocycles. The van der Waals surface area contributed by atoms with Gasteiger partial charge in [0.1, 0.15) is 11.4 Å². The predicted octanol–water partition coefficient (Wildman–Crippen LogP) is 4.30. The molecular formula is C20H20F2N4O3. The van der Waals surface area contributed by atoms with Crippen molar-refractivity contribution in [2.75, 3.05) is 6.61 Å². The highest BCUT2D eigenvalue weighted by molar-refractivity contribution is 5.91. The van der Waals surface area contributed by atoms with Crippen LogP contribution in [-0.4, -0.2) is 32.7 Å². The lowest BCUT2D eigenvalue weighted by atomic mass is 10.1. The number of ketones is 1. The molecule has 0 unspecified atom stereocenters. The summed E-state index contributed by atoms with van der Waals surface area (Å²) < 4.78 is 35.7. The quantitative estimate of drug-likeness (QED) is 0.410. The molecule has 0 saturated carbocycles. The lowest BCUT2D eigenvalue weighted by molar-refractivity contribution is 0.101. The minimum absolute atomic E-state index is 0.116. The van der Waals surface area contributed by atoms with Gasteiger partial charge in [-0.2, -0.15) is 18.9 Å². The van der Waals surface area contributed by atoms with Crippen molar-refractivity contribution in [3.05, 3.63) is 52.7 Å². The summed E-state index contributed by atoms with van der Waals surface area (Å²) in [6.45, 7) is 5.65. The van der Waals surface area contributed by atoms with Gasteiger partial charge < -0.3 is 9.26 Å². The maximum Gasteiger partial charge on any atom is 0.315 e. The van der Waals surface area contributed by atoms with Crippen LogP contribution in [0.25, 0.3) is 11.4 Å². The first-order valence-electron chi connectivity index (χ1n) is 9.05. The van der Waals surface area contributed by atoms with Gasteiger partial charge in [0.05, 0.1) is 12.3 Å². The van der Waals surface area contributed by atoms with E-state index in [1.54, 1.807) is 24.3 Å². The number of hydrogen-bond donors (Lipinski definition) is 0. The van der Waals surface area contributed by atoms with Crippen LogP contribution in [0.1, 0.15) is 53.0 Å². The molecular weight excluding hydrogens is 382 g/mol. The van der Waals surface area contributed by atoms with E-state index < -0.39 is 12.3 Å². The average Bonchev–Trinajstić information content (AvgIpc) is 3.17. The number of Topliss-reactive ketones (excluding diaryl/α,β-unsaturated/α-hetero) is 1. The number of carbonyl (C=O) groups excluding carboxylic acids is 1. The van der Waals surface area contributed by atoms with Crippen LogP contribution in [0.4, 0.5) is 8.78 Å². The SMILES string of the molecule is CC(=O)c1ccc(CCCOc2c(C)cc(-c3noc(C(F)F)n3)cc2C)nn1. The third-order valence-electron chi connectivity index (χ3n) is 4.25. The maximum atomic E-state index is 12.6. The van der Waals surface area contributed by atoms with Gasteiger partial charge in [-0.15, -0.1) is 5.10 Å². The Balaban J connectivity index is 1.60. The molecule has 7 nitrogen and oxygen atoms in total. The van der Waals surface area contributed by atoms with Crippen LogP contribution in [-0.2, 0) is 6.42 Å². The van der Waals surface area contributed by atoms with Crippen molar-refractivity contribution in [2.24, 2.45) is 0 Å². The first-order chi connectivity index (χ1) is 13.8. The largest absolute Gasteiger partial charge is 0.493 e. The van der Waals surface area contributed by atoms with Crippen molar-refractivity contribution in [1.29, 1.82) is 0 Å². The fourth-order valence-electron chi connectivity index (χ4n) is 2.86. The van der Waals surface area contributed by atoms with E-state index in [1.807, 2.05) is 13.8 Å². The zero-order valence-electron chi connectivity index (χ0n) is 16.3. The summed E-state index contributed by atoms with van der Waals surface area (Å²) in [6.07, 6.45) is -1.41. The Morgan fingerprint density at radius 1 is 1.17 bits per heavy atom. The minimum atomic E-state index is -2.80. The summed E-state index contributed by atoms with van der Waals surface area (Å²) in [5, 5.41) is 11.5. The molecule has 152 valence electrons. The van der Waals surface area contributed by atoms with Crippen molar-refractivity contribution < 1.29 is 22.8 Å². The fraction of sp³-hybridized carbons (Fsp3) is 0.350. The summed E-state index contributed by atoms with van der Waals surface area (Å²) in [5.41, 5.74) is 3.40. The van der Waals surface area contributed by atoms with Crippen molar-refractivity contribution in [3.8, 4) is 17.1 Å². The highest BCUT2D eigenvalue weighted by Crippen LogP contribution is 2.30. The van der Waals surface area contributed by atoms with Gasteiger partial charge in [0.15, 0.2) is 5.78 Å². The van der Waals surface area contributed by atoms with Gasteiger partial charge >= 0.3 is 6.43 Å². The van der Waals surface area contributed by atoms with E-state index in [0.717, 1.165) is 29.0 Å². The summed E-state index contributed by atoms with van der Waals surface area (Å²) >= 11 is 0. The highest BCUT2D eigenvalue weighted by atomic mass is 19.3. The van der Waals surface area contributed by atoms with Gasteiger partial charge in [-0.25, -0.2) is 0 Å². The number of halogens is 2. The molecule has 2 heterocycles. The lowest BCUT2D eigenvalue weighted by Crippen LogP contribution is -2.05. The summed E-state index contributed by atoms with van der Waals surface area (Å²) in [5.74, 6) is 0.0260. The van der Waals surface area contributed by atoms with Crippen molar-refractivity contribution in [1.82, 2.24) is 20.3 Å². The Labute approximate surface area is 166 Å². The molecule has 2 aromatic heterocycles. The minimum Gasteiger partial charge on any atom is -0.493 e. The molecule has 0 amide bonds. The van der Waals surface area contributed by atoms with Crippen LogP contribution in [0.5, 0.6) is 5.75 Å². The highest BCUT2D eigenvalue weighted by Gasteiger charge is 2.18. The summed E-state index contributed by atoms with van der Waals surface area (Å²) in [6, 6.07) is 6.99. The number of nitrogens with zero attached hydrogens (tertiary/aromatic N) is 4. The van der Waals surface area contributed by atoms with Crippen LogP contribution in [0.2, 0.25) is 0 Å². The second kappa shape index (κ2) is 8.85. The molecule has 0 aliphatic heterocycles. The van der Waals surface area contributed by atoms with Crippen LogP contribution in [0, 0.1) is 13.8 Å². The third-order valence-corrected chi connectivity index (χ3v) is 4.25. The van der Waals surface area contributed by atoms with Gasteiger partial charge in [0.25, 0.3) is 5.89 Å². The molecule has 0 fully saturated rings.